The molecule has 12 heteroatoms. The zero-order valence-corrected chi connectivity index (χ0v) is 14.7. The summed E-state index contributed by atoms with van der Waals surface area (Å²) in [5, 5.41) is 34.0. The fourth-order valence-corrected chi connectivity index (χ4v) is 1.73. The van der Waals surface area contributed by atoms with Crippen molar-refractivity contribution in [1.82, 2.24) is 9.80 Å². The van der Waals surface area contributed by atoms with Gasteiger partial charge >= 0.3 is 7.82 Å². The van der Waals surface area contributed by atoms with Gasteiger partial charge in [-0.25, -0.2) is 4.57 Å². The summed E-state index contributed by atoms with van der Waals surface area (Å²) in [6.45, 7) is 6.40. The Labute approximate surface area is 142 Å². The number of β-amino-alcohol motifs (C(OH)–C–C–N with tert-alkyl or cyclic N) is 1. The third-order valence-corrected chi connectivity index (χ3v) is 2.77. The molecule has 0 radical (unpaired) electrons. The van der Waals surface area contributed by atoms with Crippen molar-refractivity contribution in [1.29, 1.82) is 0 Å². The summed E-state index contributed by atoms with van der Waals surface area (Å²) in [5.74, 6) is 0. The monoisotopic (exact) mass is 378 g/mol. The number of aliphatic hydroxyl groups excluding tert-OH is 4. The Kier molecular flexibility index (Phi) is 19.2. The lowest BCUT2D eigenvalue weighted by molar-refractivity contribution is 0.0306. The lowest BCUT2D eigenvalue weighted by atomic mass is 10.4. The summed E-state index contributed by atoms with van der Waals surface area (Å²) in [4.78, 5) is 25.6. The summed E-state index contributed by atoms with van der Waals surface area (Å²) in [6.07, 6.45) is 0. The zero-order valence-electron chi connectivity index (χ0n) is 13.8. The first-order chi connectivity index (χ1) is 11.3. The molecule has 0 unspecified atom stereocenters. The highest BCUT2D eigenvalue weighted by Crippen LogP contribution is 2.25. The third kappa shape index (κ3) is 24.1. The predicted octanol–water partition coefficient (Wildman–Crippen LogP) is -3.35. The van der Waals surface area contributed by atoms with Crippen LogP contribution >= 0.6 is 7.82 Å². The maximum absolute atomic E-state index is 8.88. The molecule has 0 aromatic rings. The molecule has 7 N–H and O–H groups in total. The first-order valence-electron chi connectivity index (χ1n) is 7.52. The first kappa shape index (κ1) is 26.1. The van der Waals surface area contributed by atoms with Crippen LogP contribution in [0.3, 0.4) is 0 Å². The molecule has 0 aromatic carbocycles. The highest BCUT2D eigenvalue weighted by molar-refractivity contribution is 7.45. The molecular weight excluding hydrogens is 347 g/mol. The largest absolute Gasteiger partial charge is 0.466 e. The van der Waals surface area contributed by atoms with Crippen LogP contribution in [0.2, 0.25) is 0 Å². The molecule has 1 fully saturated rings. The summed E-state index contributed by atoms with van der Waals surface area (Å²) in [7, 11) is -4.64. The molecule has 148 valence electrons. The number of aliphatic hydroxyl groups is 4. The van der Waals surface area contributed by atoms with Crippen molar-refractivity contribution in [2.24, 2.45) is 0 Å². The van der Waals surface area contributed by atoms with Gasteiger partial charge in [0.1, 0.15) is 0 Å². The van der Waals surface area contributed by atoms with Crippen LogP contribution in [-0.2, 0) is 9.30 Å². The van der Waals surface area contributed by atoms with Gasteiger partial charge in [0.25, 0.3) is 0 Å². The van der Waals surface area contributed by atoms with E-state index in [4.69, 9.17) is 44.4 Å². The quantitative estimate of drug-likeness (QED) is 0.210. The Morgan fingerprint density at radius 1 is 0.833 bits per heavy atom. The molecule has 0 aliphatic carbocycles. The second-order valence-electron chi connectivity index (χ2n) is 4.70. The van der Waals surface area contributed by atoms with E-state index in [2.05, 4.69) is 4.90 Å². The van der Waals surface area contributed by atoms with E-state index in [-0.39, 0.29) is 26.4 Å². The van der Waals surface area contributed by atoms with Gasteiger partial charge in [-0.2, -0.15) is 0 Å². The van der Waals surface area contributed by atoms with Crippen LogP contribution in [0, 0.1) is 0 Å². The van der Waals surface area contributed by atoms with Crippen LogP contribution in [0.4, 0.5) is 0 Å². The van der Waals surface area contributed by atoms with Gasteiger partial charge in [-0.05, 0) is 0 Å². The first-order valence-corrected chi connectivity index (χ1v) is 9.09. The van der Waals surface area contributed by atoms with Gasteiger partial charge < -0.3 is 39.8 Å². The fraction of sp³-hybridized carbons (Fsp3) is 1.00. The average molecular weight is 378 g/mol. The van der Waals surface area contributed by atoms with E-state index >= 15 is 0 Å². The van der Waals surface area contributed by atoms with Gasteiger partial charge in [0.15, 0.2) is 0 Å². The van der Waals surface area contributed by atoms with Crippen LogP contribution in [-0.4, -0.2) is 124 Å². The van der Waals surface area contributed by atoms with E-state index in [1.165, 1.54) is 0 Å². The molecule has 0 atom stereocenters. The Balaban J connectivity index is 0. The second kappa shape index (κ2) is 17.6. The van der Waals surface area contributed by atoms with E-state index in [1.54, 1.807) is 4.90 Å². The maximum atomic E-state index is 8.88. The van der Waals surface area contributed by atoms with E-state index in [1.807, 2.05) is 0 Å². The minimum Gasteiger partial charge on any atom is -0.395 e. The maximum Gasteiger partial charge on any atom is 0.466 e. The fourth-order valence-electron chi connectivity index (χ4n) is 1.73. The topological polar surface area (TPSA) is 174 Å². The van der Waals surface area contributed by atoms with Crippen molar-refractivity contribution in [3.05, 3.63) is 0 Å². The molecule has 1 saturated heterocycles. The third-order valence-electron chi connectivity index (χ3n) is 2.77. The molecule has 1 aliphatic rings. The van der Waals surface area contributed by atoms with Crippen molar-refractivity contribution in [3.63, 3.8) is 0 Å². The molecule has 0 saturated carbocycles. The van der Waals surface area contributed by atoms with Gasteiger partial charge in [-0.3, -0.25) is 9.80 Å². The molecule has 0 bridgehead atoms. The van der Waals surface area contributed by atoms with E-state index < -0.39 is 7.82 Å². The average Bonchev–Trinajstić information content (AvgIpc) is 2.48. The summed E-state index contributed by atoms with van der Waals surface area (Å²) < 4.78 is 14.0. The van der Waals surface area contributed by atoms with Crippen LogP contribution in [0.15, 0.2) is 0 Å². The number of hydrogen-bond acceptors (Lipinski definition) is 8. The number of hydrogen-bond donors (Lipinski definition) is 7. The van der Waals surface area contributed by atoms with Crippen molar-refractivity contribution >= 4 is 7.82 Å². The van der Waals surface area contributed by atoms with Crippen LogP contribution in [0.25, 0.3) is 0 Å². The molecule has 1 heterocycles. The van der Waals surface area contributed by atoms with E-state index in [0.29, 0.717) is 19.6 Å². The Bertz CT molecular complexity index is 275. The predicted molar refractivity (Wildman–Crippen MR) is 86.3 cm³/mol. The van der Waals surface area contributed by atoms with Gasteiger partial charge in [0, 0.05) is 39.3 Å². The van der Waals surface area contributed by atoms with Crippen LogP contribution in [0.1, 0.15) is 0 Å². The Hall–Kier alpha value is -0.170. The second-order valence-corrected chi connectivity index (χ2v) is 5.73. The Morgan fingerprint density at radius 3 is 1.50 bits per heavy atom. The molecular formula is C12H31N2O9P. The lowest BCUT2D eigenvalue weighted by Crippen LogP contribution is -2.37. The van der Waals surface area contributed by atoms with Crippen molar-refractivity contribution in [3.8, 4) is 0 Å². The van der Waals surface area contributed by atoms with Gasteiger partial charge in [-0.15, -0.1) is 0 Å². The molecule has 1 aliphatic heterocycles. The number of phosphoric acid groups is 1. The van der Waals surface area contributed by atoms with Gasteiger partial charge in [-0.1, -0.05) is 0 Å². The number of morpholine rings is 1. The summed E-state index contributed by atoms with van der Waals surface area (Å²) in [6, 6.07) is 0. The number of nitrogens with zero attached hydrogens (tertiary/aromatic N) is 2. The van der Waals surface area contributed by atoms with Gasteiger partial charge in [0.05, 0.1) is 39.6 Å². The summed E-state index contributed by atoms with van der Waals surface area (Å²) >= 11 is 0. The number of rotatable bonds is 8. The molecule has 11 nitrogen and oxygen atoms in total. The summed E-state index contributed by atoms with van der Waals surface area (Å²) in [5.41, 5.74) is 0. The van der Waals surface area contributed by atoms with Crippen molar-refractivity contribution in [2.75, 3.05) is 78.9 Å². The molecule has 0 amide bonds. The highest BCUT2D eigenvalue weighted by atomic mass is 31.2. The molecule has 1 rings (SSSR count). The smallest absolute Gasteiger partial charge is 0.395 e. The molecule has 24 heavy (non-hydrogen) atoms. The van der Waals surface area contributed by atoms with Crippen LogP contribution in [0.5, 0.6) is 0 Å². The number of ether oxygens (including phenoxy) is 1. The standard InChI is InChI=1S/C6H15NO3.C6H13NO2.H3O4P/c8-4-1-7(2-5-9)3-6-10;8-4-1-7-2-5-9-6-3-7;1-5(2,3)4/h8-10H,1-6H2;8H,1-6H2;(H3,1,2,3,4). The van der Waals surface area contributed by atoms with Crippen LogP contribution < -0.4 is 0 Å². The minimum absolute atomic E-state index is 0.0694. The molecule has 0 spiro atoms. The van der Waals surface area contributed by atoms with E-state index in [9.17, 15) is 0 Å². The molecule has 0 aromatic heterocycles. The lowest BCUT2D eigenvalue weighted by Gasteiger charge is -2.25. The minimum atomic E-state index is -4.64. The SMILES string of the molecule is O=P(O)(O)O.OCCN(CCO)CCO.OCCN1CCOCC1. The highest BCUT2D eigenvalue weighted by Gasteiger charge is 2.07. The van der Waals surface area contributed by atoms with Crippen molar-refractivity contribution in [2.45, 2.75) is 0 Å². The van der Waals surface area contributed by atoms with Crippen molar-refractivity contribution < 1.29 is 44.4 Å². The zero-order chi connectivity index (χ0) is 18.8. The normalized spacial score (nSPS) is 15.3. The Morgan fingerprint density at radius 2 is 1.21 bits per heavy atom. The van der Waals surface area contributed by atoms with Gasteiger partial charge in [0.2, 0.25) is 0 Å². The van der Waals surface area contributed by atoms with E-state index in [0.717, 1.165) is 32.8 Å².